The third kappa shape index (κ3) is 6.18. The van der Waals surface area contributed by atoms with Crippen molar-refractivity contribution >= 4 is 29.4 Å². The fourth-order valence-electron chi connectivity index (χ4n) is 2.48. The Morgan fingerprint density at radius 2 is 1.71 bits per heavy atom. The van der Waals surface area contributed by atoms with E-state index in [4.69, 9.17) is 21.1 Å². The molecule has 0 heterocycles. The molecule has 0 aliphatic heterocycles. The van der Waals surface area contributed by atoms with Crippen LogP contribution in [0.25, 0.3) is 0 Å². The highest BCUT2D eigenvalue weighted by Crippen LogP contribution is 2.18. The van der Waals surface area contributed by atoms with Crippen LogP contribution in [0.2, 0.25) is 5.02 Å². The van der Waals surface area contributed by atoms with E-state index in [1.165, 1.54) is 0 Å². The molecule has 0 fully saturated rings. The molecule has 2 aromatic rings. The van der Waals surface area contributed by atoms with Gasteiger partial charge in [0.1, 0.15) is 6.61 Å². The van der Waals surface area contributed by atoms with E-state index in [1.54, 1.807) is 38.1 Å². The maximum atomic E-state index is 12.3. The third-order valence-corrected chi connectivity index (χ3v) is 4.24. The van der Waals surface area contributed by atoms with Crippen molar-refractivity contribution in [3.05, 3.63) is 70.7 Å². The van der Waals surface area contributed by atoms with Gasteiger partial charge in [-0.05, 0) is 30.2 Å². The number of aliphatic hydroxyl groups is 1. The minimum Gasteiger partial charge on any atom is -0.464 e. The van der Waals surface area contributed by atoms with Gasteiger partial charge in [0, 0.05) is 10.9 Å². The molecule has 0 radical (unpaired) electrons. The monoisotopic (exact) mass is 403 g/mol. The number of carbonyl (C=O) groups excluding carboxylic acids is 2. The fraction of sp³-hybridized carbons (Fsp3) is 0.286. The Hall–Kier alpha value is -2.70. The Morgan fingerprint density at radius 3 is 2.32 bits per heavy atom. The molecular formula is C21H22ClNO5. The molecule has 2 aromatic carbocycles. The highest BCUT2D eigenvalue weighted by atomic mass is 35.5. The predicted molar refractivity (Wildman–Crippen MR) is 106 cm³/mol. The molecule has 0 bridgehead atoms. The van der Waals surface area contributed by atoms with Gasteiger partial charge in [-0.25, -0.2) is 9.59 Å². The van der Waals surface area contributed by atoms with Crippen LogP contribution >= 0.6 is 11.6 Å². The van der Waals surface area contributed by atoms with Gasteiger partial charge in [0.05, 0.1) is 12.3 Å². The summed E-state index contributed by atoms with van der Waals surface area (Å²) < 4.78 is 10.1. The minimum absolute atomic E-state index is 0.0614. The number of hydrogen-bond donors (Lipinski definition) is 1. The van der Waals surface area contributed by atoms with Crippen LogP contribution in [0.1, 0.15) is 25.0 Å². The average molecular weight is 404 g/mol. The summed E-state index contributed by atoms with van der Waals surface area (Å²) in [6, 6.07) is 15.7. The summed E-state index contributed by atoms with van der Waals surface area (Å²) >= 11 is 5.92. The summed E-state index contributed by atoms with van der Waals surface area (Å²) in [7, 11) is 0. The first-order chi connectivity index (χ1) is 13.4. The molecule has 0 aliphatic rings. The van der Waals surface area contributed by atoms with Gasteiger partial charge in [-0.2, -0.15) is 4.99 Å². The predicted octanol–water partition coefficient (Wildman–Crippen LogP) is 4.03. The molecule has 1 unspecified atom stereocenters. The van der Waals surface area contributed by atoms with Crippen LogP contribution in [0.3, 0.4) is 0 Å². The maximum Gasteiger partial charge on any atom is 0.434 e. The minimum atomic E-state index is -1.48. The molecule has 2 atom stereocenters. The van der Waals surface area contributed by atoms with Crippen LogP contribution in [0.15, 0.2) is 59.6 Å². The van der Waals surface area contributed by atoms with Crippen molar-refractivity contribution in [2.45, 2.75) is 26.6 Å². The zero-order chi connectivity index (χ0) is 20.5. The van der Waals surface area contributed by atoms with Crippen LogP contribution in [0.4, 0.5) is 4.79 Å². The van der Waals surface area contributed by atoms with Crippen LogP contribution in [0, 0.1) is 5.92 Å². The topological polar surface area (TPSA) is 85.2 Å². The number of ether oxygens (including phenoxy) is 2. The van der Waals surface area contributed by atoms with Gasteiger partial charge in [-0.1, -0.05) is 61.0 Å². The van der Waals surface area contributed by atoms with Crippen LogP contribution in [-0.4, -0.2) is 35.6 Å². The molecule has 6 nitrogen and oxygen atoms in total. The lowest BCUT2D eigenvalue weighted by molar-refractivity contribution is -0.154. The Morgan fingerprint density at radius 1 is 1.07 bits per heavy atom. The maximum absolute atomic E-state index is 12.3. The number of carbonyl (C=O) groups is 2. The summed E-state index contributed by atoms with van der Waals surface area (Å²) in [4.78, 5) is 28.2. The van der Waals surface area contributed by atoms with Gasteiger partial charge in [0.2, 0.25) is 0 Å². The van der Waals surface area contributed by atoms with Crippen molar-refractivity contribution in [2.24, 2.45) is 10.9 Å². The molecule has 28 heavy (non-hydrogen) atoms. The molecule has 1 amide bonds. The van der Waals surface area contributed by atoms with Gasteiger partial charge in [-0.3, -0.25) is 0 Å². The molecule has 7 heteroatoms. The van der Waals surface area contributed by atoms with E-state index in [2.05, 4.69) is 4.99 Å². The van der Waals surface area contributed by atoms with Gasteiger partial charge in [0.25, 0.3) is 0 Å². The van der Waals surface area contributed by atoms with E-state index in [0.717, 1.165) is 5.56 Å². The molecule has 0 spiro atoms. The fourth-order valence-corrected chi connectivity index (χ4v) is 2.61. The second-order valence-electron chi connectivity index (χ2n) is 6.03. The Labute approximate surface area is 168 Å². The summed E-state index contributed by atoms with van der Waals surface area (Å²) in [6.07, 6.45) is -2.30. The van der Waals surface area contributed by atoms with Gasteiger partial charge < -0.3 is 14.6 Å². The van der Waals surface area contributed by atoms with Crippen LogP contribution in [-0.2, 0) is 20.9 Å². The van der Waals surface area contributed by atoms with Crippen LogP contribution < -0.4 is 0 Å². The standard InChI is InChI=1S/C21H22ClNO5/c1-3-27-20(25)19(24)14(2)18(16-9-11-17(22)12-10-16)23-21(26)28-13-15-7-5-4-6-8-15/h4-12,14,19,24H,3,13H2,1-2H3/b23-18+/t14?,19-/m0/s1. The summed E-state index contributed by atoms with van der Waals surface area (Å²) in [5, 5.41) is 10.8. The van der Waals surface area contributed by atoms with E-state index in [-0.39, 0.29) is 18.9 Å². The van der Waals surface area contributed by atoms with E-state index in [1.807, 2.05) is 30.3 Å². The smallest absolute Gasteiger partial charge is 0.434 e. The molecule has 148 valence electrons. The van der Waals surface area contributed by atoms with Crippen molar-refractivity contribution in [3.8, 4) is 0 Å². The number of esters is 1. The molecule has 0 aromatic heterocycles. The Balaban J connectivity index is 2.23. The SMILES string of the molecule is CCOC(=O)[C@@H](O)C(C)/C(=N\C(=O)OCc1ccccc1)c1ccc(Cl)cc1. The number of benzene rings is 2. The van der Waals surface area contributed by atoms with E-state index < -0.39 is 24.1 Å². The van der Waals surface area contributed by atoms with Crippen molar-refractivity contribution in [1.29, 1.82) is 0 Å². The highest BCUT2D eigenvalue weighted by Gasteiger charge is 2.29. The van der Waals surface area contributed by atoms with Gasteiger partial charge in [-0.15, -0.1) is 0 Å². The lowest BCUT2D eigenvalue weighted by Crippen LogP contribution is -2.35. The molecular weight excluding hydrogens is 382 g/mol. The van der Waals surface area contributed by atoms with E-state index in [9.17, 15) is 14.7 Å². The second kappa shape index (κ2) is 10.6. The van der Waals surface area contributed by atoms with Crippen molar-refractivity contribution in [3.63, 3.8) is 0 Å². The molecule has 0 saturated heterocycles. The first-order valence-electron chi connectivity index (χ1n) is 8.82. The number of nitrogens with zero attached hydrogens (tertiary/aromatic N) is 1. The largest absolute Gasteiger partial charge is 0.464 e. The number of rotatable bonds is 7. The summed E-state index contributed by atoms with van der Waals surface area (Å²) in [5.41, 5.74) is 1.56. The molecule has 1 N–H and O–H groups in total. The van der Waals surface area contributed by atoms with Gasteiger partial charge >= 0.3 is 12.1 Å². The van der Waals surface area contributed by atoms with Crippen LogP contribution in [0.5, 0.6) is 0 Å². The van der Waals surface area contributed by atoms with Gasteiger partial charge in [0.15, 0.2) is 6.10 Å². The number of amides is 1. The highest BCUT2D eigenvalue weighted by molar-refractivity contribution is 6.30. The number of aliphatic imine (C=N–C) groups is 1. The first kappa shape index (κ1) is 21.6. The third-order valence-electron chi connectivity index (χ3n) is 3.99. The molecule has 0 saturated carbocycles. The van der Waals surface area contributed by atoms with Crippen molar-refractivity contribution in [1.82, 2.24) is 0 Å². The summed E-state index contributed by atoms with van der Waals surface area (Å²) in [5.74, 6) is -1.58. The number of aliphatic hydroxyl groups excluding tert-OH is 1. The number of hydrogen-bond acceptors (Lipinski definition) is 5. The summed E-state index contributed by atoms with van der Waals surface area (Å²) in [6.45, 7) is 3.42. The normalized spacial score (nSPS) is 13.5. The average Bonchev–Trinajstić information content (AvgIpc) is 2.71. The Kier molecular flexibility index (Phi) is 8.17. The quantitative estimate of drug-likeness (QED) is 0.557. The molecule has 0 aliphatic carbocycles. The number of halogens is 1. The van der Waals surface area contributed by atoms with Crippen molar-refractivity contribution < 1.29 is 24.2 Å². The molecule has 2 rings (SSSR count). The lowest BCUT2D eigenvalue weighted by Gasteiger charge is -2.19. The van der Waals surface area contributed by atoms with E-state index in [0.29, 0.717) is 10.6 Å². The first-order valence-corrected chi connectivity index (χ1v) is 9.20. The van der Waals surface area contributed by atoms with E-state index >= 15 is 0 Å². The Bertz CT molecular complexity index is 820. The second-order valence-corrected chi connectivity index (χ2v) is 6.47. The lowest BCUT2D eigenvalue weighted by atomic mass is 9.93. The zero-order valence-electron chi connectivity index (χ0n) is 15.7. The van der Waals surface area contributed by atoms with Crippen molar-refractivity contribution in [2.75, 3.05) is 6.61 Å². The zero-order valence-corrected chi connectivity index (χ0v) is 16.4.